The van der Waals surface area contributed by atoms with Gasteiger partial charge in [-0.1, -0.05) is 30.3 Å². The van der Waals surface area contributed by atoms with E-state index in [0.29, 0.717) is 0 Å². The quantitative estimate of drug-likeness (QED) is 0.377. The molecular formula is C17H21NO5. The van der Waals surface area contributed by atoms with E-state index in [1.807, 2.05) is 37.3 Å². The van der Waals surface area contributed by atoms with Crippen molar-refractivity contribution in [2.24, 2.45) is 4.99 Å². The monoisotopic (exact) mass is 319 g/mol. The Balaban J connectivity index is 3.29. The van der Waals surface area contributed by atoms with Crippen molar-refractivity contribution in [1.82, 2.24) is 0 Å². The highest BCUT2D eigenvalue weighted by atomic mass is 16.5. The standard InChI is InChI=1S/C17H21NO5/c1-11(13-8-6-5-7-9-13)18-14(10-15(20)22-3)16(12(2)19)17(21)23-4/h5-9,11,19H,10H2,1-4H3/b16-12-,18-14?/t11-/m1/s1. The molecule has 0 aliphatic rings. The van der Waals surface area contributed by atoms with Crippen LogP contribution in [-0.2, 0) is 19.1 Å². The molecule has 0 aromatic heterocycles. The van der Waals surface area contributed by atoms with Crippen LogP contribution >= 0.6 is 0 Å². The molecule has 0 saturated heterocycles. The van der Waals surface area contributed by atoms with Gasteiger partial charge in [-0.3, -0.25) is 9.79 Å². The summed E-state index contributed by atoms with van der Waals surface area (Å²) >= 11 is 0. The van der Waals surface area contributed by atoms with Crippen molar-refractivity contribution in [1.29, 1.82) is 0 Å². The van der Waals surface area contributed by atoms with Crippen molar-refractivity contribution in [2.75, 3.05) is 14.2 Å². The second-order valence-electron chi connectivity index (χ2n) is 4.87. The van der Waals surface area contributed by atoms with Crippen LogP contribution in [0.5, 0.6) is 0 Å². The van der Waals surface area contributed by atoms with E-state index in [-0.39, 0.29) is 29.5 Å². The van der Waals surface area contributed by atoms with E-state index in [4.69, 9.17) is 0 Å². The van der Waals surface area contributed by atoms with Gasteiger partial charge in [0.15, 0.2) is 0 Å². The Morgan fingerprint density at radius 2 is 1.78 bits per heavy atom. The van der Waals surface area contributed by atoms with Crippen LogP contribution in [0.25, 0.3) is 0 Å². The summed E-state index contributed by atoms with van der Waals surface area (Å²) in [5, 5.41) is 9.80. The van der Waals surface area contributed by atoms with Gasteiger partial charge in [-0.15, -0.1) is 0 Å². The van der Waals surface area contributed by atoms with E-state index >= 15 is 0 Å². The summed E-state index contributed by atoms with van der Waals surface area (Å²) < 4.78 is 9.30. The number of hydrogen-bond donors (Lipinski definition) is 1. The third-order valence-electron chi connectivity index (χ3n) is 3.21. The first-order chi connectivity index (χ1) is 10.9. The molecule has 0 spiro atoms. The zero-order chi connectivity index (χ0) is 17.4. The second kappa shape index (κ2) is 8.73. The number of nitrogens with zero attached hydrogens (tertiary/aromatic N) is 1. The maximum atomic E-state index is 11.9. The van der Waals surface area contributed by atoms with Crippen molar-refractivity contribution in [2.45, 2.75) is 26.3 Å². The minimum absolute atomic E-state index is 0.124. The van der Waals surface area contributed by atoms with Gasteiger partial charge in [-0.2, -0.15) is 0 Å². The normalized spacial score (nSPS) is 13.8. The number of aliphatic hydroxyl groups excluding tert-OH is 1. The number of ether oxygens (including phenoxy) is 2. The van der Waals surface area contributed by atoms with E-state index in [0.717, 1.165) is 5.56 Å². The number of hydrogen-bond acceptors (Lipinski definition) is 6. The Hall–Kier alpha value is -2.63. The summed E-state index contributed by atoms with van der Waals surface area (Å²) in [5.74, 6) is -1.58. The highest BCUT2D eigenvalue weighted by Gasteiger charge is 2.24. The molecule has 0 aliphatic carbocycles. The Labute approximate surface area is 135 Å². The van der Waals surface area contributed by atoms with Crippen LogP contribution in [0.15, 0.2) is 46.7 Å². The first-order valence-electron chi connectivity index (χ1n) is 7.07. The molecule has 0 radical (unpaired) electrons. The Morgan fingerprint density at radius 3 is 2.26 bits per heavy atom. The highest BCUT2D eigenvalue weighted by molar-refractivity contribution is 6.23. The molecule has 0 saturated carbocycles. The highest BCUT2D eigenvalue weighted by Crippen LogP contribution is 2.20. The summed E-state index contributed by atoms with van der Waals surface area (Å²) in [7, 11) is 2.44. The molecule has 124 valence electrons. The molecule has 6 heteroatoms. The van der Waals surface area contributed by atoms with E-state index in [9.17, 15) is 14.7 Å². The summed E-state index contributed by atoms with van der Waals surface area (Å²) in [6.45, 7) is 3.17. The number of aliphatic hydroxyl groups is 1. The number of carbonyl (C=O) groups excluding carboxylic acids is 2. The average Bonchev–Trinajstić information content (AvgIpc) is 2.54. The van der Waals surface area contributed by atoms with Crippen LogP contribution in [0, 0.1) is 0 Å². The summed E-state index contributed by atoms with van der Waals surface area (Å²) in [4.78, 5) is 28.0. The lowest BCUT2D eigenvalue weighted by Crippen LogP contribution is -2.21. The van der Waals surface area contributed by atoms with Crippen LogP contribution in [0.2, 0.25) is 0 Å². The second-order valence-corrected chi connectivity index (χ2v) is 4.87. The lowest BCUT2D eigenvalue weighted by atomic mass is 10.0. The van der Waals surface area contributed by atoms with Crippen LogP contribution in [0.1, 0.15) is 31.9 Å². The lowest BCUT2D eigenvalue weighted by molar-refractivity contribution is -0.139. The molecule has 1 aromatic carbocycles. The molecule has 1 N–H and O–H groups in total. The molecule has 1 rings (SSSR count). The number of carbonyl (C=O) groups is 2. The maximum absolute atomic E-state index is 11.9. The molecule has 1 atom stereocenters. The van der Waals surface area contributed by atoms with Gasteiger partial charge >= 0.3 is 11.9 Å². The fourth-order valence-electron chi connectivity index (χ4n) is 2.02. The molecular weight excluding hydrogens is 298 g/mol. The van der Waals surface area contributed by atoms with Gasteiger partial charge in [0.2, 0.25) is 0 Å². The van der Waals surface area contributed by atoms with E-state index in [1.165, 1.54) is 21.1 Å². The summed E-state index contributed by atoms with van der Waals surface area (Å²) in [5.41, 5.74) is 0.912. The average molecular weight is 319 g/mol. The number of methoxy groups -OCH3 is 2. The summed E-state index contributed by atoms with van der Waals surface area (Å²) in [6.07, 6.45) is -0.240. The largest absolute Gasteiger partial charge is 0.512 e. The predicted molar refractivity (Wildman–Crippen MR) is 86.3 cm³/mol. The number of esters is 2. The molecule has 0 unspecified atom stereocenters. The van der Waals surface area contributed by atoms with Crippen LogP contribution in [-0.4, -0.2) is 37.0 Å². The van der Waals surface area contributed by atoms with Crippen molar-refractivity contribution < 1.29 is 24.2 Å². The van der Waals surface area contributed by atoms with E-state index < -0.39 is 11.9 Å². The van der Waals surface area contributed by atoms with Gasteiger partial charge in [-0.05, 0) is 19.4 Å². The number of benzene rings is 1. The van der Waals surface area contributed by atoms with Gasteiger partial charge < -0.3 is 14.6 Å². The fraction of sp³-hybridized carbons (Fsp3) is 0.353. The maximum Gasteiger partial charge on any atom is 0.343 e. The molecule has 0 amide bonds. The van der Waals surface area contributed by atoms with Crippen molar-refractivity contribution in [3.63, 3.8) is 0 Å². The van der Waals surface area contributed by atoms with Gasteiger partial charge in [0.25, 0.3) is 0 Å². The molecule has 0 heterocycles. The molecule has 23 heavy (non-hydrogen) atoms. The number of aliphatic imine (C=N–C) groups is 1. The molecule has 1 aromatic rings. The van der Waals surface area contributed by atoms with Gasteiger partial charge in [-0.25, -0.2) is 4.79 Å². The smallest absolute Gasteiger partial charge is 0.343 e. The number of allylic oxidation sites excluding steroid dienone is 1. The van der Waals surface area contributed by atoms with E-state index in [1.54, 1.807) is 0 Å². The first kappa shape index (κ1) is 18.4. The van der Waals surface area contributed by atoms with Crippen molar-refractivity contribution >= 4 is 17.7 Å². The Bertz CT molecular complexity index is 615. The van der Waals surface area contributed by atoms with Gasteiger partial charge in [0, 0.05) is 0 Å². The fourth-order valence-corrected chi connectivity index (χ4v) is 2.02. The van der Waals surface area contributed by atoms with Crippen molar-refractivity contribution in [3.05, 3.63) is 47.2 Å². The molecule has 0 fully saturated rings. The minimum Gasteiger partial charge on any atom is -0.512 e. The van der Waals surface area contributed by atoms with Gasteiger partial charge in [0.1, 0.15) is 11.3 Å². The number of rotatable bonds is 6. The Morgan fingerprint density at radius 1 is 1.17 bits per heavy atom. The van der Waals surface area contributed by atoms with E-state index in [2.05, 4.69) is 14.5 Å². The topological polar surface area (TPSA) is 85.2 Å². The van der Waals surface area contributed by atoms with Gasteiger partial charge in [0.05, 0.1) is 32.4 Å². The minimum atomic E-state index is -0.757. The third-order valence-corrected chi connectivity index (χ3v) is 3.21. The molecule has 0 aliphatic heterocycles. The Kier molecular flexibility index (Phi) is 6.99. The van der Waals surface area contributed by atoms with Crippen LogP contribution in [0.4, 0.5) is 0 Å². The third kappa shape index (κ3) is 5.25. The molecule has 0 bridgehead atoms. The summed E-state index contributed by atoms with van der Waals surface area (Å²) in [6, 6.07) is 9.09. The van der Waals surface area contributed by atoms with Crippen LogP contribution in [0.3, 0.4) is 0 Å². The predicted octanol–water partition coefficient (Wildman–Crippen LogP) is 2.76. The SMILES string of the molecule is COC(=O)CC(=N[C@H](C)c1ccccc1)/C(C(=O)OC)=C(\C)O. The molecule has 6 nitrogen and oxygen atoms in total. The lowest BCUT2D eigenvalue weighted by Gasteiger charge is -2.13. The van der Waals surface area contributed by atoms with Crippen LogP contribution < -0.4 is 0 Å². The zero-order valence-electron chi connectivity index (χ0n) is 13.7. The first-order valence-corrected chi connectivity index (χ1v) is 7.07. The van der Waals surface area contributed by atoms with Crippen molar-refractivity contribution in [3.8, 4) is 0 Å². The zero-order valence-corrected chi connectivity index (χ0v) is 13.7.